The Morgan fingerprint density at radius 1 is 1.12 bits per heavy atom. The van der Waals surface area contributed by atoms with Crippen molar-refractivity contribution < 1.29 is 19.5 Å². The Bertz CT molecular complexity index is 916. The number of nitrogens with zero attached hydrogens (tertiary/aromatic N) is 1. The molecule has 0 unspecified atom stereocenters. The molecule has 0 heterocycles. The first-order chi connectivity index (χ1) is 15.8. The van der Waals surface area contributed by atoms with E-state index in [0.717, 1.165) is 18.4 Å². The Kier molecular flexibility index (Phi) is 8.70. The van der Waals surface area contributed by atoms with Crippen molar-refractivity contribution in [2.45, 2.75) is 72.0 Å². The lowest BCUT2D eigenvalue weighted by molar-refractivity contribution is -0.142. The van der Waals surface area contributed by atoms with Crippen molar-refractivity contribution in [3.63, 3.8) is 0 Å². The van der Waals surface area contributed by atoms with E-state index >= 15 is 0 Å². The molecule has 7 nitrogen and oxygen atoms in total. The van der Waals surface area contributed by atoms with Crippen LogP contribution in [-0.2, 0) is 19.9 Å². The molecule has 1 aromatic carbocycles. The van der Waals surface area contributed by atoms with Gasteiger partial charge in [-0.25, -0.2) is 4.79 Å². The molecule has 0 aliphatic heterocycles. The number of amides is 2. The Morgan fingerprint density at radius 3 is 2.09 bits per heavy atom. The molecule has 0 aromatic heterocycles. The Hall–Kier alpha value is -2.67. The van der Waals surface area contributed by atoms with Gasteiger partial charge in [-0.1, -0.05) is 71.0 Å². The maximum absolute atomic E-state index is 13.9. The van der Waals surface area contributed by atoms with E-state index in [1.54, 1.807) is 25.1 Å². The molecular formula is C27H41N3O4. The van der Waals surface area contributed by atoms with Crippen LogP contribution in [0, 0.1) is 17.3 Å². The van der Waals surface area contributed by atoms with Gasteiger partial charge in [0.1, 0.15) is 11.6 Å². The number of hydrogen-bond donors (Lipinski definition) is 3. The van der Waals surface area contributed by atoms with Crippen LogP contribution in [0.15, 0.2) is 42.0 Å². The van der Waals surface area contributed by atoms with Crippen LogP contribution in [-0.4, -0.2) is 54.0 Å². The quantitative estimate of drug-likeness (QED) is 0.453. The van der Waals surface area contributed by atoms with Crippen LogP contribution in [0.1, 0.15) is 59.9 Å². The van der Waals surface area contributed by atoms with Gasteiger partial charge in [0.15, 0.2) is 0 Å². The lowest BCUT2D eigenvalue weighted by Gasteiger charge is -2.40. The summed E-state index contributed by atoms with van der Waals surface area (Å²) in [6.45, 7) is 11.2. The number of likely N-dealkylation sites (N-methyl/N-ethyl adjacent to an activating group) is 2. The molecule has 0 saturated heterocycles. The Balaban J connectivity index is 2.42. The van der Waals surface area contributed by atoms with Crippen molar-refractivity contribution in [2.75, 3.05) is 14.1 Å². The number of nitrogens with one attached hydrogen (secondary N) is 2. The van der Waals surface area contributed by atoms with Crippen LogP contribution in [0.4, 0.5) is 0 Å². The van der Waals surface area contributed by atoms with Crippen molar-refractivity contribution in [1.82, 2.24) is 15.5 Å². The second-order valence-electron chi connectivity index (χ2n) is 10.8. The van der Waals surface area contributed by atoms with Crippen LogP contribution in [0.25, 0.3) is 0 Å². The van der Waals surface area contributed by atoms with Crippen molar-refractivity contribution in [3.8, 4) is 0 Å². The first-order valence-corrected chi connectivity index (χ1v) is 12.0. The molecule has 2 rings (SSSR count). The monoisotopic (exact) mass is 471 g/mol. The third kappa shape index (κ3) is 5.87. The largest absolute Gasteiger partial charge is 0.478 e. The zero-order valence-electron chi connectivity index (χ0n) is 21.8. The number of carboxylic acids is 1. The van der Waals surface area contributed by atoms with Crippen molar-refractivity contribution >= 4 is 17.8 Å². The molecule has 3 atom stereocenters. The molecule has 1 aliphatic carbocycles. The third-order valence-electron chi connectivity index (χ3n) is 6.80. The van der Waals surface area contributed by atoms with Gasteiger partial charge in [0.2, 0.25) is 11.8 Å². The summed E-state index contributed by atoms with van der Waals surface area (Å²) in [6, 6.07) is 8.44. The molecule has 3 N–H and O–H groups in total. The number of carbonyl (C=O) groups excluding carboxylic acids is 2. The highest BCUT2D eigenvalue weighted by atomic mass is 16.4. The van der Waals surface area contributed by atoms with Crippen molar-refractivity contribution in [3.05, 3.63) is 47.5 Å². The van der Waals surface area contributed by atoms with Gasteiger partial charge in [0, 0.05) is 12.6 Å². The van der Waals surface area contributed by atoms with E-state index in [0.29, 0.717) is 0 Å². The summed E-state index contributed by atoms with van der Waals surface area (Å²) >= 11 is 0. The van der Waals surface area contributed by atoms with Gasteiger partial charge in [0.05, 0.1) is 6.04 Å². The highest BCUT2D eigenvalue weighted by Crippen LogP contribution is 2.46. The van der Waals surface area contributed by atoms with Crippen LogP contribution in [0.3, 0.4) is 0 Å². The van der Waals surface area contributed by atoms with Gasteiger partial charge in [-0.3, -0.25) is 9.59 Å². The molecule has 0 spiro atoms. The van der Waals surface area contributed by atoms with E-state index in [4.69, 9.17) is 0 Å². The second kappa shape index (κ2) is 10.7. The summed E-state index contributed by atoms with van der Waals surface area (Å²) in [7, 11) is 3.46. The summed E-state index contributed by atoms with van der Waals surface area (Å²) in [5.74, 6) is -1.34. The normalized spacial score (nSPS) is 18.1. The molecule has 0 radical (unpaired) electrons. The van der Waals surface area contributed by atoms with Crippen molar-refractivity contribution in [1.29, 1.82) is 0 Å². The van der Waals surface area contributed by atoms with Crippen LogP contribution < -0.4 is 10.6 Å². The van der Waals surface area contributed by atoms with E-state index in [1.807, 2.05) is 65.0 Å². The Morgan fingerprint density at radius 2 is 1.68 bits per heavy atom. The third-order valence-corrected chi connectivity index (χ3v) is 6.80. The predicted molar refractivity (Wildman–Crippen MR) is 134 cm³/mol. The highest BCUT2D eigenvalue weighted by Gasteiger charge is 2.52. The zero-order valence-corrected chi connectivity index (χ0v) is 21.8. The number of hydrogen-bond acceptors (Lipinski definition) is 4. The molecule has 1 saturated carbocycles. The molecule has 188 valence electrons. The average Bonchev–Trinajstić information content (AvgIpc) is 3.61. The number of carbonyl (C=O) groups is 3. The smallest absolute Gasteiger partial charge is 0.331 e. The number of aliphatic carboxylic acids is 1. The minimum Gasteiger partial charge on any atom is -0.478 e. The lowest BCUT2D eigenvalue weighted by Crippen LogP contribution is -2.62. The molecule has 7 heteroatoms. The fourth-order valence-corrected chi connectivity index (χ4v) is 4.55. The summed E-state index contributed by atoms with van der Waals surface area (Å²) in [6.07, 6.45) is 3.48. The van der Waals surface area contributed by atoms with Crippen LogP contribution in [0.2, 0.25) is 0 Å². The number of carboxylic acid groups (broad SMARTS) is 1. The zero-order chi connectivity index (χ0) is 25.8. The predicted octanol–water partition coefficient (Wildman–Crippen LogP) is 3.56. The van der Waals surface area contributed by atoms with E-state index in [9.17, 15) is 19.5 Å². The summed E-state index contributed by atoms with van der Waals surface area (Å²) in [5, 5.41) is 15.7. The number of benzene rings is 1. The minimum absolute atomic E-state index is 0.00764. The van der Waals surface area contributed by atoms with Gasteiger partial charge >= 0.3 is 5.97 Å². The molecule has 0 bridgehead atoms. The SMILES string of the molecule is CN[C@](C(=O)N[C@H](C(=O)N(C)[C@H](/C=C(\C)C(=O)O)C(C)C)C(C)(C)C)(c1ccccc1)C1CC1. The molecule has 1 fully saturated rings. The van der Waals surface area contributed by atoms with Gasteiger partial charge in [-0.15, -0.1) is 0 Å². The van der Waals surface area contributed by atoms with E-state index in [1.165, 1.54) is 6.92 Å². The molecule has 34 heavy (non-hydrogen) atoms. The second-order valence-corrected chi connectivity index (χ2v) is 10.8. The summed E-state index contributed by atoms with van der Waals surface area (Å²) in [4.78, 5) is 40.6. The van der Waals surface area contributed by atoms with E-state index in [2.05, 4.69) is 10.6 Å². The Labute approximate surface area is 204 Å². The number of rotatable bonds is 10. The molecular weight excluding hydrogens is 430 g/mol. The first-order valence-electron chi connectivity index (χ1n) is 12.0. The van der Waals surface area contributed by atoms with Crippen molar-refractivity contribution in [2.24, 2.45) is 17.3 Å². The van der Waals surface area contributed by atoms with Gasteiger partial charge < -0.3 is 20.6 Å². The summed E-state index contributed by atoms with van der Waals surface area (Å²) in [5.41, 5.74) is -0.415. The maximum atomic E-state index is 13.9. The first kappa shape index (κ1) is 27.6. The van der Waals surface area contributed by atoms with Crippen LogP contribution in [0.5, 0.6) is 0 Å². The highest BCUT2D eigenvalue weighted by molar-refractivity contribution is 5.94. The van der Waals surface area contributed by atoms with E-state index < -0.39 is 29.0 Å². The van der Waals surface area contributed by atoms with Gasteiger partial charge in [-0.2, -0.15) is 0 Å². The fraction of sp³-hybridized carbons (Fsp3) is 0.593. The van der Waals surface area contributed by atoms with Crippen LogP contribution >= 0.6 is 0 Å². The molecule has 2 amide bonds. The molecule has 1 aliphatic rings. The average molecular weight is 472 g/mol. The maximum Gasteiger partial charge on any atom is 0.331 e. The van der Waals surface area contributed by atoms with Gasteiger partial charge in [0.25, 0.3) is 0 Å². The summed E-state index contributed by atoms with van der Waals surface area (Å²) < 4.78 is 0. The van der Waals surface area contributed by atoms with E-state index in [-0.39, 0.29) is 29.2 Å². The lowest BCUT2D eigenvalue weighted by atomic mass is 9.81. The molecule has 1 aromatic rings. The minimum atomic E-state index is -1.02. The topological polar surface area (TPSA) is 98.7 Å². The van der Waals surface area contributed by atoms with Gasteiger partial charge in [-0.05, 0) is 49.6 Å². The standard InChI is InChI=1S/C27H41N3O4/c1-17(2)21(16-18(3)24(32)33)30(8)23(31)22(26(4,5)6)29-25(34)27(28-7,20-14-15-20)19-12-10-9-11-13-19/h9-13,16-17,20-22,28H,14-15H2,1-8H3,(H,29,34)(H,32,33)/b18-16+/t21-,22-,27-/m1/s1. The fourth-order valence-electron chi connectivity index (χ4n) is 4.55.